The maximum Gasteiger partial charge on any atom is 0.0157 e. The van der Waals surface area contributed by atoms with Gasteiger partial charge < -0.3 is 4.90 Å². The average Bonchev–Trinajstić information content (AvgIpc) is 2.11. The summed E-state index contributed by atoms with van der Waals surface area (Å²) in [5, 5.41) is 0. The van der Waals surface area contributed by atoms with E-state index in [0.717, 1.165) is 6.54 Å². The smallest absolute Gasteiger partial charge is 0.0157 e. The van der Waals surface area contributed by atoms with Crippen LogP contribution in [-0.2, 0) is 0 Å². The van der Waals surface area contributed by atoms with Gasteiger partial charge in [-0.05, 0) is 20.0 Å². The zero-order valence-corrected chi connectivity index (χ0v) is 9.39. The molecule has 0 unspecified atom stereocenters. The average molecular weight is 183 g/mol. The predicted molar refractivity (Wildman–Crippen MR) is 61.1 cm³/mol. The molecule has 0 spiro atoms. The molecule has 0 aromatic rings. The molecule has 1 heteroatoms. The SMILES string of the molecule is C=CCN(C)CCCCCCCC. The van der Waals surface area contributed by atoms with Crippen LogP contribution in [0.25, 0.3) is 0 Å². The predicted octanol–water partition coefficient (Wildman–Crippen LogP) is 3.46. The maximum atomic E-state index is 3.73. The monoisotopic (exact) mass is 183 g/mol. The lowest BCUT2D eigenvalue weighted by Crippen LogP contribution is -2.19. The second-order valence-corrected chi connectivity index (χ2v) is 3.82. The van der Waals surface area contributed by atoms with Crippen molar-refractivity contribution in [2.45, 2.75) is 45.4 Å². The first-order chi connectivity index (χ1) is 6.31. The van der Waals surface area contributed by atoms with E-state index in [1.54, 1.807) is 0 Å². The van der Waals surface area contributed by atoms with Gasteiger partial charge in [-0.1, -0.05) is 45.1 Å². The van der Waals surface area contributed by atoms with Gasteiger partial charge in [-0.15, -0.1) is 6.58 Å². The fourth-order valence-corrected chi connectivity index (χ4v) is 1.47. The Morgan fingerprint density at radius 1 is 1.08 bits per heavy atom. The molecule has 0 rings (SSSR count). The zero-order valence-electron chi connectivity index (χ0n) is 9.39. The van der Waals surface area contributed by atoms with E-state index in [-0.39, 0.29) is 0 Å². The maximum absolute atomic E-state index is 3.73. The summed E-state index contributed by atoms with van der Waals surface area (Å²) in [4.78, 5) is 2.33. The van der Waals surface area contributed by atoms with Crippen molar-refractivity contribution >= 4 is 0 Å². The molecule has 0 radical (unpaired) electrons. The quantitative estimate of drug-likeness (QED) is 0.391. The van der Waals surface area contributed by atoms with E-state index in [2.05, 4.69) is 25.5 Å². The van der Waals surface area contributed by atoms with E-state index in [4.69, 9.17) is 0 Å². The van der Waals surface area contributed by atoms with Gasteiger partial charge in [-0.2, -0.15) is 0 Å². The third-order valence-corrected chi connectivity index (χ3v) is 2.33. The second kappa shape index (κ2) is 9.79. The summed E-state index contributed by atoms with van der Waals surface area (Å²) in [5.74, 6) is 0. The lowest BCUT2D eigenvalue weighted by molar-refractivity contribution is 0.356. The normalized spacial score (nSPS) is 10.7. The molecule has 0 bridgehead atoms. The van der Waals surface area contributed by atoms with Gasteiger partial charge in [0.25, 0.3) is 0 Å². The van der Waals surface area contributed by atoms with Gasteiger partial charge in [0, 0.05) is 6.54 Å². The first-order valence-corrected chi connectivity index (χ1v) is 5.60. The van der Waals surface area contributed by atoms with Crippen molar-refractivity contribution < 1.29 is 0 Å². The summed E-state index contributed by atoms with van der Waals surface area (Å²) >= 11 is 0. The van der Waals surface area contributed by atoms with Crippen LogP contribution < -0.4 is 0 Å². The van der Waals surface area contributed by atoms with E-state index in [0.29, 0.717) is 0 Å². The minimum Gasteiger partial charge on any atom is -0.303 e. The summed E-state index contributed by atoms with van der Waals surface area (Å²) < 4.78 is 0. The minimum atomic E-state index is 1.02. The highest BCUT2D eigenvalue weighted by Crippen LogP contribution is 2.05. The molecule has 0 aromatic carbocycles. The van der Waals surface area contributed by atoms with Crippen LogP contribution in [0.2, 0.25) is 0 Å². The van der Waals surface area contributed by atoms with Crippen LogP contribution in [0.1, 0.15) is 45.4 Å². The molecule has 0 aliphatic rings. The van der Waals surface area contributed by atoms with Gasteiger partial charge in [0.1, 0.15) is 0 Å². The summed E-state index contributed by atoms with van der Waals surface area (Å²) in [5.41, 5.74) is 0. The molecule has 13 heavy (non-hydrogen) atoms. The van der Waals surface area contributed by atoms with Crippen LogP contribution in [0, 0.1) is 0 Å². The molecule has 0 saturated carbocycles. The number of unbranched alkanes of at least 4 members (excludes halogenated alkanes) is 5. The van der Waals surface area contributed by atoms with Crippen molar-refractivity contribution in [1.29, 1.82) is 0 Å². The topological polar surface area (TPSA) is 3.24 Å². The van der Waals surface area contributed by atoms with Gasteiger partial charge in [-0.3, -0.25) is 0 Å². The Kier molecular flexibility index (Phi) is 9.56. The number of likely N-dealkylation sites (N-methyl/N-ethyl adjacent to an activating group) is 1. The Morgan fingerprint density at radius 3 is 2.31 bits per heavy atom. The molecule has 0 atom stereocenters. The summed E-state index contributed by atoms with van der Waals surface area (Å²) in [6, 6.07) is 0. The number of rotatable bonds is 9. The molecular weight excluding hydrogens is 158 g/mol. The van der Waals surface area contributed by atoms with Gasteiger partial charge >= 0.3 is 0 Å². The van der Waals surface area contributed by atoms with E-state index >= 15 is 0 Å². The Bertz CT molecular complexity index is 110. The van der Waals surface area contributed by atoms with Crippen LogP contribution in [0.15, 0.2) is 12.7 Å². The van der Waals surface area contributed by atoms with Crippen molar-refractivity contribution in [1.82, 2.24) is 4.90 Å². The summed E-state index contributed by atoms with van der Waals surface area (Å²) in [7, 11) is 2.16. The summed E-state index contributed by atoms with van der Waals surface area (Å²) in [6.45, 7) is 8.23. The number of hydrogen-bond donors (Lipinski definition) is 0. The highest BCUT2D eigenvalue weighted by Gasteiger charge is 1.94. The molecule has 0 aromatic heterocycles. The molecule has 0 amide bonds. The number of nitrogens with zero attached hydrogens (tertiary/aromatic N) is 1. The summed E-state index contributed by atoms with van der Waals surface area (Å²) in [6.07, 6.45) is 10.3. The van der Waals surface area contributed by atoms with Crippen LogP contribution in [0.5, 0.6) is 0 Å². The molecule has 78 valence electrons. The second-order valence-electron chi connectivity index (χ2n) is 3.82. The Morgan fingerprint density at radius 2 is 1.69 bits per heavy atom. The molecular formula is C12H25N. The third kappa shape index (κ3) is 9.62. The molecule has 0 heterocycles. The first-order valence-electron chi connectivity index (χ1n) is 5.60. The molecule has 0 aliphatic carbocycles. The van der Waals surface area contributed by atoms with Crippen molar-refractivity contribution in [2.75, 3.05) is 20.1 Å². The van der Waals surface area contributed by atoms with Crippen molar-refractivity contribution in [3.63, 3.8) is 0 Å². The van der Waals surface area contributed by atoms with Gasteiger partial charge in [0.2, 0.25) is 0 Å². The van der Waals surface area contributed by atoms with Crippen LogP contribution >= 0.6 is 0 Å². The Labute approximate surface area is 83.8 Å². The first kappa shape index (κ1) is 12.7. The third-order valence-electron chi connectivity index (χ3n) is 2.33. The van der Waals surface area contributed by atoms with Crippen LogP contribution in [-0.4, -0.2) is 25.0 Å². The van der Waals surface area contributed by atoms with E-state index in [1.807, 2.05) is 6.08 Å². The van der Waals surface area contributed by atoms with Gasteiger partial charge in [0.15, 0.2) is 0 Å². The van der Waals surface area contributed by atoms with E-state index in [9.17, 15) is 0 Å². The Hall–Kier alpha value is -0.300. The Balaban J connectivity index is 3.01. The zero-order chi connectivity index (χ0) is 9.94. The van der Waals surface area contributed by atoms with Crippen LogP contribution in [0.3, 0.4) is 0 Å². The fraction of sp³-hybridized carbons (Fsp3) is 0.833. The van der Waals surface area contributed by atoms with Crippen molar-refractivity contribution in [3.05, 3.63) is 12.7 Å². The van der Waals surface area contributed by atoms with E-state index in [1.165, 1.54) is 45.1 Å². The highest BCUT2D eigenvalue weighted by atomic mass is 15.1. The lowest BCUT2D eigenvalue weighted by atomic mass is 10.1. The van der Waals surface area contributed by atoms with E-state index < -0.39 is 0 Å². The molecule has 0 saturated heterocycles. The lowest BCUT2D eigenvalue weighted by Gasteiger charge is -2.13. The number of hydrogen-bond acceptors (Lipinski definition) is 1. The molecule has 0 N–H and O–H groups in total. The van der Waals surface area contributed by atoms with Gasteiger partial charge in [0.05, 0.1) is 0 Å². The van der Waals surface area contributed by atoms with Crippen LogP contribution in [0.4, 0.5) is 0 Å². The largest absolute Gasteiger partial charge is 0.303 e. The molecule has 0 aliphatic heterocycles. The standard InChI is InChI=1S/C12H25N/c1-4-6-7-8-9-10-12-13(3)11-5-2/h5H,2,4,6-12H2,1,3H3. The van der Waals surface area contributed by atoms with Crippen molar-refractivity contribution in [2.24, 2.45) is 0 Å². The highest BCUT2D eigenvalue weighted by molar-refractivity contribution is 4.70. The van der Waals surface area contributed by atoms with Gasteiger partial charge in [-0.25, -0.2) is 0 Å². The van der Waals surface area contributed by atoms with Crippen molar-refractivity contribution in [3.8, 4) is 0 Å². The fourth-order valence-electron chi connectivity index (χ4n) is 1.47. The molecule has 0 fully saturated rings. The minimum absolute atomic E-state index is 1.02. The molecule has 1 nitrogen and oxygen atoms in total.